The van der Waals surface area contributed by atoms with Crippen LogP contribution >= 0.6 is 46.4 Å². The summed E-state index contributed by atoms with van der Waals surface area (Å²) in [4.78, 5) is 0. The molecule has 1 aliphatic rings. The van der Waals surface area contributed by atoms with Crippen molar-refractivity contribution in [2.75, 3.05) is 0 Å². The Labute approximate surface area is 126 Å². The lowest BCUT2D eigenvalue weighted by Crippen LogP contribution is -2.45. The smallest absolute Gasteiger partial charge is 0.210 e. The van der Waals surface area contributed by atoms with Crippen molar-refractivity contribution >= 4 is 46.4 Å². The first-order chi connectivity index (χ1) is 8.36. The fourth-order valence-corrected chi connectivity index (χ4v) is 3.62. The second kappa shape index (κ2) is 5.64. The third kappa shape index (κ3) is 3.82. The molecule has 1 fully saturated rings. The Morgan fingerprint density at radius 1 is 1.06 bits per heavy atom. The van der Waals surface area contributed by atoms with Gasteiger partial charge < -0.3 is 9.84 Å². The molecular formula is C12H12Cl4O2. The van der Waals surface area contributed by atoms with Crippen LogP contribution in [0, 0.1) is 0 Å². The highest BCUT2D eigenvalue weighted by molar-refractivity contribution is 6.34. The Hall–Kier alpha value is 0.140. The molecule has 0 amide bonds. The molecule has 1 aromatic rings. The third-order valence-electron chi connectivity index (χ3n) is 2.74. The van der Waals surface area contributed by atoms with E-state index in [4.69, 9.17) is 51.1 Å². The van der Waals surface area contributed by atoms with Crippen molar-refractivity contribution in [2.24, 2.45) is 0 Å². The molecule has 0 saturated heterocycles. The zero-order valence-corrected chi connectivity index (χ0v) is 12.4. The second-order valence-electron chi connectivity index (χ2n) is 4.49. The van der Waals surface area contributed by atoms with E-state index in [2.05, 4.69) is 0 Å². The Morgan fingerprint density at radius 3 is 2.06 bits per heavy atom. The van der Waals surface area contributed by atoms with Gasteiger partial charge in [-0.2, -0.15) is 0 Å². The van der Waals surface area contributed by atoms with Crippen LogP contribution in [0.2, 0.25) is 10.0 Å². The quantitative estimate of drug-likeness (QED) is 0.641. The molecule has 1 aromatic carbocycles. The number of hydrogen-bond donors (Lipinski definition) is 1. The molecule has 6 heteroatoms. The number of halogens is 4. The topological polar surface area (TPSA) is 29.5 Å². The van der Waals surface area contributed by atoms with Crippen LogP contribution in [0.25, 0.3) is 0 Å². The maximum Gasteiger partial charge on any atom is 0.210 e. The summed E-state index contributed by atoms with van der Waals surface area (Å²) < 4.78 is 5.56. The van der Waals surface area contributed by atoms with Crippen LogP contribution in [-0.2, 0) is 0 Å². The Balaban J connectivity index is 2.16. The van der Waals surface area contributed by atoms with Crippen LogP contribution in [0.15, 0.2) is 18.2 Å². The number of benzene rings is 1. The van der Waals surface area contributed by atoms with E-state index in [-0.39, 0.29) is 10.8 Å². The van der Waals surface area contributed by atoms with Crippen LogP contribution in [0.5, 0.6) is 5.75 Å². The van der Waals surface area contributed by atoms with Gasteiger partial charge in [0.05, 0.1) is 0 Å². The highest BCUT2D eigenvalue weighted by Gasteiger charge is 2.40. The van der Waals surface area contributed by atoms with Crippen molar-refractivity contribution in [3.8, 4) is 5.75 Å². The van der Waals surface area contributed by atoms with E-state index in [0.29, 0.717) is 35.1 Å². The molecule has 18 heavy (non-hydrogen) atoms. The van der Waals surface area contributed by atoms with Gasteiger partial charge in [-0.15, -0.1) is 23.2 Å². The number of hydrogen-bond acceptors (Lipinski definition) is 2. The zero-order chi connectivity index (χ0) is 13.3. The minimum absolute atomic E-state index is 0.207. The predicted octanol–water partition coefficient (Wildman–Crippen LogP) is 4.46. The lowest BCUT2D eigenvalue weighted by Gasteiger charge is -2.37. The van der Waals surface area contributed by atoms with E-state index in [1.807, 2.05) is 0 Å². The first kappa shape index (κ1) is 14.5. The van der Waals surface area contributed by atoms with Gasteiger partial charge in [0.25, 0.3) is 0 Å². The minimum Gasteiger partial charge on any atom is -0.462 e. The molecule has 1 aliphatic carbocycles. The molecule has 2 rings (SSSR count). The monoisotopic (exact) mass is 328 g/mol. The average molecular weight is 330 g/mol. The lowest BCUT2D eigenvalue weighted by molar-refractivity contribution is -0.156. The molecule has 0 aromatic heterocycles. The van der Waals surface area contributed by atoms with E-state index >= 15 is 0 Å². The Bertz CT molecular complexity index is 408. The van der Waals surface area contributed by atoms with E-state index in [9.17, 15) is 5.11 Å². The van der Waals surface area contributed by atoms with Gasteiger partial charge in [-0.25, -0.2) is 0 Å². The standard InChI is InChI=1S/C12H12Cl4O2/c13-7-1-8(14)4-11(3-7)18-12(17)5-9(15)2-10(16)6-12/h1,3-4,9-10,17H,2,5-6H2. The van der Waals surface area contributed by atoms with Crippen molar-refractivity contribution < 1.29 is 9.84 Å². The molecular weight excluding hydrogens is 318 g/mol. The SMILES string of the molecule is OC1(Oc2cc(Cl)cc(Cl)c2)CC(Cl)CC(Cl)C1. The fraction of sp³-hybridized carbons (Fsp3) is 0.500. The molecule has 1 saturated carbocycles. The van der Waals surface area contributed by atoms with E-state index in [1.165, 1.54) is 0 Å². The fourth-order valence-electron chi connectivity index (χ4n) is 2.11. The summed E-state index contributed by atoms with van der Waals surface area (Å²) in [7, 11) is 0. The van der Waals surface area contributed by atoms with Gasteiger partial charge in [0.1, 0.15) is 5.75 Å². The summed E-state index contributed by atoms with van der Waals surface area (Å²) >= 11 is 23.8. The van der Waals surface area contributed by atoms with Crippen molar-refractivity contribution in [1.82, 2.24) is 0 Å². The van der Waals surface area contributed by atoms with Gasteiger partial charge >= 0.3 is 0 Å². The highest BCUT2D eigenvalue weighted by Crippen LogP contribution is 2.37. The highest BCUT2D eigenvalue weighted by atomic mass is 35.5. The number of ether oxygens (including phenoxy) is 1. The summed E-state index contributed by atoms with van der Waals surface area (Å²) in [5.74, 6) is -0.963. The van der Waals surface area contributed by atoms with Crippen molar-refractivity contribution in [3.05, 3.63) is 28.2 Å². The Kier molecular flexibility index (Phi) is 4.56. The van der Waals surface area contributed by atoms with Crippen molar-refractivity contribution in [2.45, 2.75) is 35.8 Å². The summed E-state index contributed by atoms with van der Waals surface area (Å²) in [6.45, 7) is 0. The molecule has 1 N–H and O–H groups in total. The largest absolute Gasteiger partial charge is 0.462 e. The van der Waals surface area contributed by atoms with Gasteiger partial charge in [0.2, 0.25) is 5.79 Å². The maximum atomic E-state index is 10.4. The first-order valence-electron chi connectivity index (χ1n) is 5.52. The maximum absolute atomic E-state index is 10.4. The molecule has 0 radical (unpaired) electrons. The third-order valence-corrected chi connectivity index (χ3v) is 3.84. The molecule has 0 aliphatic heterocycles. The summed E-state index contributed by atoms with van der Waals surface area (Å²) in [6, 6.07) is 4.77. The van der Waals surface area contributed by atoms with Crippen LogP contribution in [0.4, 0.5) is 0 Å². The zero-order valence-electron chi connectivity index (χ0n) is 9.38. The lowest BCUT2D eigenvalue weighted by atomic mass is 9.93. The van der Waals surface area contributed by atoms with E-state index in [1.54, 1.807) is 18.2 Å². The van der Waals surface area contributed by atoms with Crippen LogP contribution < -0.4 is 4.74 Å². The van der Waals surface area contributed by atoms with Gasteiger partial charge in [-0.05, 0) is 24.6 Å². The van der Waals surface area contributed by atoms with Crippen molar-refractivity contribution in [3.63, 3.8) is 0 Å². The number of alkyl halides is 2. The first-order valence-corrected chi connectivity index (χ1v) is 7.15. The summed E-state index contributed by atoms with van der Waals surface area (Å²) in [6.07, 6.45) is 1.30. The molecule has 0 heterocycles. The Morgan fingerprint density at radius 2 is 1.56 bits per heavy atom. The molecule has 0 spiro atoms. The predicted molar refractivity (Wildman–Crippen MR) is 75.2 cm³/mol. The van der Waals surface area contributed by atoms with Crippen LogP contribution in [0.3, 0.4) is 0 Å². The van der Waals surface area contributed by atoms with Gasteiger partial charge in [-0.1, -0.05) is 23.2 Å². The van der Waals surface area contributed by atoms with Crippen LogP contribution in [-0.4, -0.2) is 21.6 Å². The molecule has 100 valence electrons. The van der Waals surface area contributed by atoms with Crippen LogP contribution in [0.1, 0.15) is 19.3 Å². The molecule has 2 unspecified atom stereocenters. The van der Waals surface area contributed by atoms with E-state index in [0.717, 1.165) is 0 Å². The molecule has 2 nitrogen and oxygen atoms in total. The second-order valence-corrected chi connectivity index (χ2v) is 6.60. The van der Waals surface area contributed by atoms with Gasteiger partial charge in [-0.3, -0.25) is 0 Å². The van der Waals surface area contributed by atoms with Crippen molar-refractivity contribution in [1.29, 1.82) is 0 Å². The molecule has 0 bridgehead atoms. The number of rotatable bonds is 2. The average Bonchev–Trinajstić information content (AvgIpc) is 2.10. The summed E-state index contributed by atoms with van der Waals surface area (Å²) in [5.41, 5.74) is 0. The van der Waals surface area contributed by atoms with E-state index < -0.39 is 5.79 Å². The number of aliphatic hydroxyl groups is 1. The molecule has 2 atom stereocenters. The minimum atomic E-state index is -1.37. The normalized spacial score (nSPS) is 32.3. The van der Waals surface area contributed by atoms with Gasteiger partial charge in [0.15, 0.2) is 0 Å². The van der Waals surface area contributed by atoms with Gasteiger partial charge in [0, 0.05) is 33.6 Å². The summed E-state index contributed by atoms with van der Waals surface area (Å²) in [5, 5.41) is 10.8.